The summed E-state index contributed by atoms with van der Waals surface area (Å²) in [7, 11) is 0. The van der Waals surface area contributed by atoms with E-state index in [1.807, 2.05) is 30.3 Å². The lowest BCUT2D eigenvalue weighted by Gasteiger charge is -2.16. The van der Waals surface area contributed by atoms with Crippen LogP contribution < -0.4 is 10.6 Å². The number of aliphatic hydroxyl groups is 1. The molecular weight excluding hydrogens is 280 g/mol. The third-order valence-corrected chi connectivity index (χ3v) is 3.16. The maximum atomic E-state index is 12.2. The van der Waals surface area contributed by atoms with Gasteiger partial charge in [-0.25, -0.2) is 0 Å². The van der Waals surface area contributed by atoms with Crippen LogP contribution in [0.4, 0.5) is 5.69 Å². The van der Waals surface area contributed by atoms with Crippen molar-refractivity contribution in [3.8, 4) is 0 Å². The van der Waals surface area contributed by atoms with E-state index in [1.54, 1.807) is 24.3 Å². The van der Waals surface area contributed by atoms with Gasteiger partial charge in [0.15, 0.2) is 0 Å². The van der Waals surface area contributed by atoms with Gasteiger partial charge in [-0.1, -0.05) is 30.3 Å². The molecule has 22 heavy (non-hydrogen) atoms. The normalized spacial score (nSPS) is 11.5. The second-order valence-corrected chi connectivity index (χ2v) is 4.88. The maximum absolute atomic E-state index is 12.2. The number of nitrogens with one attached hydrogen (secondary N) is 2. The summed E-state index contributed by atoms with van der Waals surface area (Å²) >= 11 is 0. The van der Waals surface area contributed by atoms with E-state index in [-0.39, 0.29) is 18.4 Å². The summed E-state index contributed by atoms with van der Waals surface area (Å²) in [6, 6.07) is 15.4. The highest BCUT2D eigenvalue weighted by atomic mass is 16.3. The molecule has 2 aromatic rings. The molecule has 1 unspecified atom stereocenters. The van der Waals surface area contributed by atoms with Gasteiger partial charge in [0.1, 0.15) is 0 Å². The fraction of sp³-hybridized carbons (Fsp3) is 0.176. The molecule has 1 atom stereocenters. The van der Waals surface area contributed by atoms with Gasteiger partial charge < -0.3 is 15.7 Å². The number of hydrogen-bond donors (Lipinski definition) is 3. The standard InChI is InChI=1S/C17H18N2O3/c1-12(21)18-15-9-7-14(8-10-15)17(22)19-16(11-20)13-5-3-2-4-6-13/h2-10,16,20H,11H2,1H3,(H,18,21)(H,19,22). The van der Waals surface area contributed by atoms with Crippen molar-refractivity contribution in [2.45, 2.75) is 13.0 Å². The number of rotatable bonds is 5. The first-order valence-electron chi connectivity index (χ1n) is 6.94. The maximum Gasteiger partial charge on any atom is 0.251 e. The highest BCUT2D eigenvalue weighted by molar-refractivity contribution is 5.95. The Morgan fingerprint density at radius 3 is 2.23 bits per heavy atom. The molecule has 2 rings (SSSR count). The second kappa shape index (κ2) is 7.38. The number of carbonyl (C=O) groups excluding carboxylic acids is 2. The molecule has 0 bridgehead atoms. The number of benzene rings is 2. The Hall–Kier alpha value is -2.66. The van der Waals surface area contributed by atoms with Gasteiger partial charge in [-0.2, -0.15) is 0 Å². The summed E-state index contributed by atoms with van der Waals surface area (Å²) in [5, 5.41) is 14.9. The summed E-state index contributed by atoms with van der Waals surface area (Å²) in [6.07, 6.45) is 0. The first-order chi connectivity index (χ1) is 10.6. The van der Waals surface area contributed by atoms with E-state index < -0.39 is 6.04 Å². The van der Waals surface area contributed by atoms with Crippen LogP contribution in [-0.4, -0.2) is 23.5 Å². The third-order valence-electron chi connectivity index (χ3n) is 3.16. The van der Waals surface area contributed by atoms with Crippen LogP contribution in [0.25, 0.3) is 0 Å². The van der Waals surface area contributed by atoms with Crippen molar-refractivity contribution < 1.29 is 14.7 Å². The van der Waals surface area contributed by atoms with Crippen LogP contribution in [0.15, 0.2) is 54.6 Å². The van der Waals surface area contributed by atoms with Crippen molar-refractivity contribution in [3.63, 3.8) is 0 Å². The van der Waals surface area contributed by atoms with Crippen LogP contribution in [0.5, 0.6) is 0 Å². The summed E-state index contributed by atoms with van der Waals surface area (Å²) in [4.78, 5) is 23.2. The molecule has 0 spiro atoms. The highest BCUT2D eigenvalue weighted by Crippen LogP contribution is 2.14. The minimum absolute atomic E-state index is 0.165. The van der Waals surface area contributed by atoms with Gasteiger partial charge >= 0.3 is 0 Å². The van der Waals surface area contributed by atoms with E-state index in [2.05, 4.69) is 10.6 Å². The zero-order chi connectivity index (χ0) is 15.9. The van der Waals surface area contributed by atoms with Gasteiger partial charge in [-0.05, 0) is 29.8 Å². The predicted octanol–water partition coefficient (Wildman–Crippen LogP) is 2.11. The average molecular weight is 298 g/mol. The molecule has 0 heterocycles. The summed E-state index contributed by atoms with van der Waals surface area (Å²) < 4.78 is 0. The van der Waals surface area contributed by atoms with E-state index in [4.69, 9.17) is 0 Å². The molecule has 2 amide bonds. The molecule has 0 saturated heterocycles. The van der Waals surface area contributed by atoms with E-state index in [9.17, 15) is 14.7 Å². The fourth-order valence-corrected chi connectivity index (χ4v) is 2.07. The Morgan fingerprint density at radius 2 is 1.68 bits per heavy atom. The molecule has 114 valence electrons. The monoisotopic (exact) mass is 298 g/mol. The lowest BCUT2D eigenvalue weighted by molar-refractivity contribution is -0.114. The van der Waals surface area contributed by atoms with Gasteiger partial charge in [0, 0.05) is 18.2 Å². The first kappa shape index (κ1) is 15.7. The molecule has 5 heteroatoms. The van der Waals surface area contributed by atoms with Crippen LogP contribution in [0.2, 0.25) is 0 Å². The number of hydrogen-bond acceptors (Lipinski definition) is 3. The number of aliphatic hydroxyl groups excluding tert-OH is 1. The lowest BCUT2D eigenvalue weighted by Crippen LogP contribution is -2.30. The van der Waals surface area contributed by atoms with E-state index in [0.717, 1.165) is 5.56 Å². The topological polar surface area (TPSA) is 78.4 Å². The molecule has 0 saturated carbocycles. The quantitative estimate of drug-likeness (QED) is 0.791. The lowest BCUT2D eigenvalue weighted by atomic mass is 10.1. The SMILES string of the molecule is CC(=O)Nc1ccc(C(=O)NC(CO)c2ccccc2)cc1. The van der Waals surface area contributed by atoms with Gasteiger partial charge in [0.25, 0.3) is 5.91 Å². The van der Waals surface area contributed by atoms with E-state index >= 15 is 0 Å². The van der Waals surface area contributed by atoms with Crippen LogP contribution in [0, 0.1) is 0 Å². The van der Waals surface area contributed by atoms with Gasteiger partial charge in [0.2, 0.25) is 5.91 Å². The molecular formula is C17H18N2O3. The van der Waals surface area contributed by atoms with Crippen molar-refractivity contribution in [2.24, 2.45) is 0 Å². The van der Waals surface area contributed by atoms with Crippen LogP contribution in [-0.2, 0) is 4.79 Å². The van der Waals surface area contributed by atoms with E-state index in [0.29, 0.717) is 11.3 Å². The third kappa shape index (κ3) is 4.17. The zero-order valence-electron chi connectivity index (χ0n) is 12.2. The van der Waals surface area contributed by atoms with Crippen LogP contribution >= 0.6 is 0 Å². The average Bonchev–Trinajstić information content (AvgIpc) is 2.53. The first-order valence-corrected chi connectivity index (χ1v) is 6.94. The molecule has 0 aromatic heterocycles. The molecule has 0 aliphatic rings. The van der Waals surface area contributed by atoms with E-state index in [1.165, 1.54) is 6.92 Å². The van der Waals surface area contributed by atoms with Gasteiger partial charge in [0.05, 0.1) is 12.6 Å². The molecule has 0 aliphatic carbocycles. The van der Waals surface area contributed by atoms with Crippen molar-refractivity contribution in [2.75, 3.05) is 11.9 Å². The Bertz CT molecular complexity index is 639. The van der Waals surface area contributed by atoms with Crippen molar-refractivity contribution in [1.29, 1.82) is 0 Å². The summed E-state index contributed by atoms with van der Waals surface area (Å²) in [6.45, 7) is 1.24. The molecule has 0 aliphatic heterocycles. The minimum atomic E-state index is -0.455. The van der Waals surface area contributed by atoms with Crippen LogP contribution in [0.1, 0.15) is 28.9 Å². The zero-order valence-corrected chi connectivity index (χ0v) is 12.2. The predicted molar refractivity (Wildman–Crippen MR) is 84.5 cm³/mol. The summed E-state index contributed by atoms with van der Waals surface area (Å²) in [5.41, 5.74) is 1.93. The molecule has 0 radical (unpaired) electrons. The molecule has 3 N–H and O–H groups in total. The second-order valence-electron chi connectivity index (χ2n) is 4.88. The Kier molecular flexibility index (Phi) is 5.27. The smallest absolute Gasteiger partial charge is 0.251 e. The summed E-state index contributed by atoms with van der Waals surface area (Å²) in [5.74, 6) is -0.445. The molecule has 5 nitrogen and oxygen atoms in total. The van der Waals surface area contributed by atoms with Crippen molar-refractivity contribution in [3.05, 3.63) is 65.7 Å². The molecule has 2 aromatic carbocycles. The number of carbonyl (C=O) groups is 2. The van der Waals surface area contributed by atoms with Gasteiger partial charge in [-0.3, -0.25) is 9.59 Å². The van der Waals surface area contributed by atoms with Crippen LogP contribution in [0.3, 0.4) is 0 Å². The number of amides is 2. The fourth-order valence-electron chi connectivity index (χ4n) is 2.07. The Morgan fingerprint density at radius 1 is 1.05 bits per heavy atom. The molecule has 0 fully saturated rings. The minimum Gasteiger partial charge on any atom is -0.394 e. The highest BCUT2D eigenvalue weighted by Gasteiger charge is 2.14. The van der Waals surface area contributed by atoms with Gasteiger partial charge in [-0.15, -0.1) is 0 Å². The Labute approximate surface area is 129 Å². The largest absolute Gasteiger partial charge is 0.394 e. The van der Waals surface area contributed by atoms with Crippen molar-refractivity contribution in [1.82, 2.24) is 5.32 Å². The Balaban J connectivity index is 2.06. The number of anilines is 1. The van der Waals surface area contributed by atoms with Crippen molar-refractivity contribution >= 4 is 17.5 Å².